The molecule has 5 heteroatoms. The van der Waals surface area contributed by atoms with Crippen molar-refractivity contribution in [1.82, 2.24) is 15.1 Å². The van der Waals surface area contributed by atoms with Gasteiger partial charge in [0.05, 0.1) is 11.7 Å². The van der Waals surface area contributed by atoms with E-state index in [-0.39, 0.29) is 6.04 Å². The Hall–Kier alpha value is -1.88. The summed E-state index contributed by atoms with van der Waals surface area (Å²) in [5, 5.41) is 11.7. The van der Waals surface area contributed by atoms with Gasteiger partial charge < -0.3 is 10.6 Å². The zero-order valence-corrected chi connectivity index (χ0v) is 14.7. The lowest BCUT2D eigenvalue weighted by molar-refractivity contribution is 0.651. The summed E-state index contributed by atoms with van der Waals surface area (Å²) in [5.41, 5.74) is 5.67. The first kappa shape index (κ1) is 16.5. The predicted octanol–water partition coefficient (Wildman–Crippen LogP) is 3.88. The Morgan fingerprint density at radius 1 is 1.23 bits per heavy atom. The van der Waals surface area contributed by atoms with Gasteiger partial charge in [0.1, 0.15) is 0 Å². The molecule has 0 fully saturated rings. The Balaban J connectivity index is 2.03. The normalized spacial score (nSPS) is 12.0. The third kappa shape index (κ3) is 4.07. The quantitative estimate of drug-likeness (QED) is 0.840. The smallest absolute Gasteiger partial charge is 0.171 e. The number of aromatic nitrogens is 2. The minimum absolute atomic E-state index is 0.117. The van der Waals surface area contributed by atoms with E-state index in [1.807, 2.05) is 11.6 Å². The molecule has 2 rings (SSSR count). The van der Waals surface area contributed by atoms with Crippen molar-refractivity contribution in [3.63, 3.8) is 0 Å². The lowest BCUT2D eigenvalue weighted by Crippen LogP contribution is -2.31. The largest absolute Gasteiger partial charge is 0.356 e. The van der Waals surface area contributed by atoms with Gasteiger partial charge in [-0.15, -0.1) is 0 Å². The summed E-state index contributed by atoms with van der Waals surface area (Å²) in [6, 6.07) is 6.44. The first-order valence-corrected chi connectivity index (χ1v) is 7.99. The minimum atomic E-state index is 0.117. The van der Waals surface area contributed by atoms with E-state index in [1.54, 1.807) is 0 Å². The van der Waals surface area contributed by atoms with Crippen LogP contribution < -0.4 is 10.6 Å². The molecule has 0 aliphatic carbocycles. The van der Waals surface area contributed by atoms with E-state index in [1.165, 1.54) is 16.7 Å². The number of aryl methyl sites for hydroxylation is 4. The number of thiocarbonyl (C=S) groups is 1. The van der Waals surface area contributed by atoms with Crippen LogP contribution in [-0.2, 0) is 6.54 Å². The second-order valence-corrected chi connectivity index (χ2v) is 6.13. The summed E-state index contributed by atoms with van der Waals surface area (Å²) in [4.78, 5) is 0. The number of benzene rings is 1. The third-order valence-electron chi connectivity index (χ3n) is 3.60. The number of hydrogen-bond acceptors (Lipinski definition) is 2. The van der Waals surface area contributed by atoms with Crippen LogP contribution in [0.3, 0.4) is 0 Å². The Morgan fingerprint density at radius 3 is 2.41 bits per heavy atom. The summed E-state index contributed by atoms with van der Waals surface area (Å²) < 4.78 is 1.95. The maximum absolute atomic E-state index is 5.43. The van der Waals surface area contributed by atoms with E-state index >= 15 is 0 Å². The van der Waals surface area contributed by atoms with Crippen molar-refractivity contribution >= 4 is 23.0 Å². The van der Waals surface area contributed by atoms with Crippen LogP contribution in [0, 0.1) is 20.8 Å². The topological polar surface area (TPSA) is 41.9 Å². The molecule has 118 valence electrons. The number of nitrogens with zero attached hydrogens (tertiary/aromatic N) is 2. The Kier molecular flexibility index (Phi) is 5.19. The van der Waals surface area contributed by atoms with Gasteiger partial charge in [-0.25, -0.2) is 0 Å². The van der Waals surface area contributed by atoms with Gasteiger partial charge in [-0.2, -0.15) is 5.10 Å². The number of nitrogens with one attached hydrogen (secondary N) is 2. The maximum Gasteiger partial charge on any atom is 0.171 e. The van der Waals surface area contributed by atoms with E-state index in [0.29, 0.717) is 5.11 Å². The molecule has 0 bridgehead atoms. The fraction of sp³-hybridized carbons (Fsp3) is 0.412. The SMILES string of the molecule is CCn1cc(C(C)NC(=S)Nc2cc(C)cc(C)c2)c(C)n1. The Bertz CT molecular complexity index is 655. The molecule has 0 saturated carbocycles. The van der Waals surface area contributed by atoms with Gasteiger partial charge in [-0.1, -0.05) is 6.07 Å². The molecule has 1 atom stereocenters. The zero-order valence-electron chi connectivity index (χ0n) is 13.9. The second kappa shape index (κ2) is 6.92. The molecule has 0 radical (unpaired) electrons. The van der Waals surface area contributed by atoms with Gasteiger partial charge in [0.2, 0.25) is 0 Å². The molecular weight excluding hydrogens is 292 g/mol. The molecule has 1 unspecified atom stereocenters. The molecule has 1 aromatic carbocycles. The first-order chi connectivity index (χ1) is 10.4. The van der Waals surface area contributed by atoms with Gasteiger partial charge in [0.15, 0.2) is 5.11 Å². The summed E-state index contributed by atoms with van der Waals surface area (Å²) in [6.45, 7) is 11.2. The van der Waals surface area contributed by atoms with Gasteiger partial charge >= 0.3 is 0 Å². The molecule has 2 N–H and O–H groups in total. The van der Waals surface area contributed by atoms with Crippen molar-refractivity contribution in [3.8, 4) is 0 Å². The summed E-state index contributed by atoms with van der Waals surface area (Å²) in [5.74, 6) is 0. The highest BCUT2D eigenvalue weighted by Gasteiger charge is 2.13. The van der Waals surface area contributed by atoms with Gasteiger partial charge in [0, 0.05) is 24.0 Å². The van der Waals surface area contributed by atoms with Crippen molar-refractivity contribution in [1.29, 1.82) is 0 Å². The molecule has 0 saturated heterocycles. The molecule has 4 nitrogen and oxygen atoms in total. The van der Waals surface area contributed by atoms with Crippen LogP contribution in [0.2, 0.25) is 0 Å². The van der Waals surface area contributed by atoms with Crippen molar-refractivity contribution in [2.45, 2.75) is 47.2 Å². The van der Waals surface area contributed by atoms with Crippen LogP contribution >= 0.6 is 12.2 Å². The molecule has 2 aromatic rings. The summed E-state index contributed by atoms with van der Waals surface area (Å²) in [6.07, 6.45) is 2.08. The summed E-state index contributed by atoms with van der Waals surface area (Å²) in [7, 11) is 0. The van der Waals surface area contributed by atoms with Crippen molar-refractivity contribution in [2.24, 2.45) is 0 Å². The van der Waals surface area contributed by atoms with E-state index in [4.69, 9.17) is 12.2 Å². The van der Waals surface area contributed by atoms with Crippen LogP contribution in [0.15, 0.2) is 24.4 Å². The summed E-state index contributed by atoms with van der Waals surface area (Å²) >= 11 is 5.43. The van der Waals surface area contributed by atoms with Crippen LogP contribution in [0.5, 0.6) is 0 Å². The molecular formula is C17H24N4S. The van der Waals surface area contributed by atoms with Crippen molar-refractivity contribution < 1.29 is 0 Å². The molecule has 0 aliphatic rings. The fourth-order valence-corrected chi connectivity index (χ4v) is 2.90. The Morgan fingerprint density at radius 2 is 1.86 bits per heavy atom. The standard InChI is InChI=1S/C17H24N4S/c1-6-21-10-16(14(5)20-21)13(4)18-17(22)19-15-8-11(2)7-12(3)9-15/h7-10,13H,6H2,1-5H3,(H2,18,19,22). The molecule has 22 heavy (non-hydrogen) atoms. The van der Waals surface area contributed by atoms with Crippen LogP contribution in [-0.4, -0.2) is 14.9 Å². The van der Waals surface area contributed by atoms with E-state index in [0.717, 1.165) is 17.9 Å². The highest BCUT2D eigenvalue weighted by molar-refractivity contribution is 7.80. The highest BCUT2D eigenvalue weighted by Crippen LogP contribution is 2.17. The van der Waals surface area contributed by atoms with E-state index in [9.17, 15) is 0 Å². The average Bonchev–Trinajstić information content (AvgIpc) is 2.78. The molecule has 1 aromatic heterocycles. The second-order valence-electron chi connectivity index (χ2n) is 5.72. The van der Waals surface area contributed by atoms with Crippen LogP contribution in [0.4, 0.5) is 5.69 Å². The van der Waals surface area contributed by atoms with Crippen molar-refractivity contribution in [2.75, 3.05) is 5.32 Å². The molecule has 0 amide bonds. The maximum atomic E-state index is 5.43. The van der Waals surface area contributed by atoms with E-state index < -0.39 is 0 Å². The lowest BCUT2D eigenvalue weighted by atomic mass is 10.1. The number of hydrogen-bond donors (Lipinski definition) is 2. The monoisotopic (exact) mass is 316 g/mol. The highest BCUT2D eigenvalue weighted by atomic mass is 32.1. The average molecular weight is 316 g/mol. The van der Waals surface area contributed by atoms with Gasteiger partial charge in [-0.05, 0) is 70.1 Å². The van der Waals surface area contributed by atoms with Gasteiger partial charge in [0.25, 0.3) is 0 Å². The lowest BCUT2D eigenvalue weighted by Gasteiger charge is -2.17. The van der Waals surface area contributed by atoms with E-state index in [2.05, 4.69) is 67.8 Å². The van der Waals surface area contributed by atoms with Crippen LogP contribution in [0.1, 0.15) is 42.3 Å². The minimum Gasteiger partial charge on any atom is -0.356 e. The predicted molar refractivity (Wildman–Crippen MR) is 96.3 cm³/mol. The van der Waals surface area contributed by atoms with Crippen LogP contribution in [0.25, 0.3) is 0 Å². The number of anilines is 1. The fourth-order valence-electron chi connectivity index (χ4n) is 2.61. The third-order valence-corrected chi connectivity index (χ3v) is 3.82. The first-order valence-electron chi connectivity index (χ1n) is 7.58. The number of rotatable bonds is 4. The Labute approximate surface area is 137 Å². The van der Waals surface area contributed by atoms with Gasteiger partial charge in [-0.3, -0.25) is 4.68 Å². The molecule has 0 spiro atoms. The molecule has 1 heterocycles. The van der Waals surface area contributed by atoms with Crippen molar-refractivity contribution in [3.05, 3.63) is 46.8 Å². The molecule has 0 aliphatic heterocycles. The zero-order chi connectivity index (χ0) is 16.3.